The lowest BCUT2D eigenvalue weighted by Gasteiger charge is -2.24. The number of thiazole rings is 1. The number of aromatic nitrogens is 1. The second-order valence-electron chi connectivity index (χ2n) is 10.1. The number of aliphatic hydroxyl groups excluding tert-OH is 1. The number of carbonyl (C=O) groups excluding carboxylic acids is 3. The lowest BCUT2D eigenvalue weighted by Crippen LogP contribution is -2.29. The fourth-order valence-electron chi connectivity index (χ4n) is 4.81. The Morgan fingerprint density at radius 1 is 0.955 bits per heavy atom. The number of nitrogens with zero attached hydrogens (tertiary/aromatic N) is 2. The number of aryl methyl sites for hydroxylation is 1. The fourth-order valence-corrected chi connectivity index (χ4v) is 5.83. The van der Waals surface area contributed by atoms with Crippen LogP contribution in [0, 0.1) is 6.92 Å². The van der Waals surface area contributed by atoms with E-state index in [1.165, 1.54) is 12.0 Å². The lowest BCUT2D eigenvalue weighted by molar-refractivity contribution is -0.132. The first-order valence-corrected chi connectivity index (χ1v) is 15.6. The van der Waals surface area contributed by atoms with Gasteiger partial charge in [-0.25, -0.2) is 9.78 Å². The van der Waals surface area contributed by atoms with E-state index in [0.717, 1.165) is 37.0 Å². The van der Waals surface area contributed by atoms with Gasteiger partial charge >= 0.3 is 11.9 Å². The molecule has 0 saturated carbocycles. The minimum absolute atomic E-state index is 0.121. The van der Waals surface area contributed by atoms with E-state index in [0.29, 0.717) is 53.9 Å². The number of anilines is 1. The number of benzene rings is 2. The third kappa shape index (κ3) is 6.88. The van der Waals surface area contributed by atoms with E-state index in [2.05, 4.69) is 11.9 Å². The highest BCUT2D eigenvalue weighted by Crippen LogP contribution is 2.45. The second kappa shape index (κ2) is 14.9. The van der Waals surface area contributed by atoms with Crippen molar-refractivity contribution in [2.45, 2.75) is 59.4 Å². The number of unbranched alkanes of at least 4 members (excludes halogenated alkanes) is 2. The Morgan fingerprint density at radius 3 is 2.36 bits per heavy atom. The molecular weight excluding hydrogens is 584 g/mol. The molecule has 0 radical (unpaired) electrons. The zero-order valence-corrected chi connectivity index (χ0v) is 26.5. The molecule has 1 aromatic heterocycles. The zero-order valence-electron chi connectivity index (χ0n) is 25.7. The van der Waals surface area contributed by atoms with E-state index in [1.54, 1.807) is 49.4 Å². The molecule has 10 nitrogen and oxygen atoms in total. The van der Waals surface area contributed by atoms with Crippen LogP contribution in [-0.4, -0.2) is 54.7 Å². The number of ketones is 1. The zero-order chi connectivity index (χ0) is 31.8. The average molecular weight is 623 g/mol. The topological polar surface area (TPSA) is 124 Å². The van der Waals surface area contributed by atoms with E-state index < -0.39 is 23.7 Å². The van der Waals surface area contributed by atoms with Crippen LogP contribution in [0.15, 0.2) is 48.0 Å². The number of carbonyl (C=O) groups is 3. The molecule has 0 spiro atoms. The normalized spacial score (nSPS) is 15.8. The summed E-state index contributed by atoms with van der Waals surface area (Å²) in [6.07, 6.45) is 3.81. The molecule has 0 bridgehead atoms. The van der Waals surface area contributed by atoms with Crippen LogP contribution in [0.2, 0.25) is 0 Å². The van der Waals surface area contributed by atoms with Gasteiger partial charge in [-0.1, -0.05) is 44.1 Å². The molecule has 44 heavy (non-hydrogen) atoms. The van der Waals surface area contributed by atoms with Crippen LogP contribution in [0.5, 0.6) is 17.2 Å². The number of rotatable bonds is 14. The number of amides is 1. The molecule has 2 aromatic carbocycles. The molecule has 1 atom stereocenters. The van der Waals surface area contributed by atoms with E-state index >= 15 is 0 Å². The van der Waals surface area contributed by atoms with Gasteiger partial charge in [0, 0.05) is 5.56 Å². The first kappa shape index (κ1) is 32.5. The van der Waals surface area contributed by atoms with Gasteiger partial charge < -0.3 is 24.1 Å². The van der Waals surface area contributed by atoms with Crippen LogP contribution >= 0.6 is 11.3 Å². The van der Waals surface area contributed by atoms with Gasteiger partial charge in [-0.05, 0) is 68.7 Å². The largest absolute Gasteiger partial charge is 0.507 e. The molecule has 1 saturated heterocycles. The third-order valence-corrected chi connectivity index (χ3v) is 8.13. The van der Waals surface area contributed by atoms with Crippen molar-refractivity contribution in [2.24, 2.45) is 0 Å². The monoisotopic (exact) mass is 622 g/mol. The van der Waals surface area contributed by atoms with E-state index in [9.17, 15) is 19.5 Å². The summed E-state index contributed by atoms with van der Waals surface area (Å²) in [4.78, 5) is 45.6. The number of methoxy groups -OCH3 is 1. The maximum atomic E-state index is 13.7. The van der Waals surface area contributed by atoms with E-state index in [1.807, 2.05) is 13.8 Å². The Balaban J connectivity index is 1.86. The Morgan fingerprint density at radius 2 is 1.70 bits per heavy atom. The summed E-state index contributed by atoms with van der Waals surface area (Å²) in [6, 6.07) is 10.8. The summed E-state index contributed by atoms with van der Waals surface area (Å²) in [5.41, 5.74) is 1.06. The number of hydrogen-bond donors (Lipinski definition) is 1. The molecule has 1 aliphatic heterocycles. The van der Waals surface area contributed by atoms with Crippen molar-refractivity contribution in [3.63, 3.8) is 0 Å². The minimum Gasteiger partial charge on any atom is -0.507 e. The van der Waals surface area contributed by atoms with Crippen molar-refractivity contribution >= 4 is 39.9 Å². The first-order valence-electron chi connectivity index (χ1n) is 14.7. The summed E-state index contributed by atoms with van der Waals surface area (Å²) >= 11 is 0.937. The third-order valence-electron chi connectivity index (χ3n) is 7.00. The predicted molar refractivity (Wildman–Crippen MR) is 168 cm³/mol. The van der Waals surface area contributed by atoms with Crippen LogP contribution in [0.3, 0.4) is 0 Å². The average Bonchev–Trinajstić information content (AvgIpc) is 3.54. The molecule has 1 N–H and O–H groups in total. The summed E-state index contributed by atoms with van der Waals surface area (Å²) in [5, 5.41) is 11.7. The Kier molecular flexibility index (Phi) is 11.0. The van der Waals surface area contributed by atoms with Crippen molar-refractivity contribution < 1.29 is 38.4 Å². The standard InChI is InChI=1S/C33H38N2O8S/c1-6-9-10-18-43-24-16-13-22(19-25(24)41-8-3)27-26(28(36)21-11-14-23(15-12-21)42-17-7-2)29(37)31(38)35(27)33-34-20(4)30(44-33)32(39)40-5/h11-16,19,27,36H,6-10,17-18H2,1-5H3. The smallest absolute Gasteiger partial charge is 0.350 e. The van der Waals surface area contributed by atoms with E-state index in [4.69, 9.17) is 18.9 Å². The molecular formula is C33H38N2O8S. The number of hydrogen-bond acceptors (Lipinski definition) is 10. The van der Waals surface area contributed by atoms with Gasteiger partial charge in [0.15, 0.2) is 16.6 Å². The van der Waals surface area contributed by atoms with Crippen molar-refractivity contribution in [1.29, 1.82) is 0 Å². The van der Waals surface area contributed by atoms with Crippen LogP contribution in [-0.2, 0) is 14.3 Å². The second-order valence-corrected chi connectivity index (χ2v) is 11.1. The van der Waals surface area contributed by atoms with Crippen molar-refractivity contribution in [2.75, 3.05) is 31.8 Å². The predicted octanol–water partition coefficient (Wildman–Crippen LogP) is 6.62. The van der Waals surface area contributed by atoms with Crippen molar-refractivity contribution in [3.8, 4) is 17.2 Å². The van der Waals surface area contributed by atoms with Gasteiger partial charge in [-0.2, -0.15) is 0 Å². The fraction of sp³-hybridized carbons (Fsp3) is 0.394. The van der Waals surface area contributed by atoms with Crippen LogP contribution in [0.4, 0.5) is 5.13 Å². The SMILES string of the molecule is CCCCCOc1ccc(C2C(=C(O)c3ccc(OCCC)cc3)C(=O)C(=O)N2c2nc(C)c(C(=O)OC)s2)cc1OCC. The van der Waals surface area contributed by atoms with Crippen LogP contribution in [0.25, 0.3) is 5.76 Å². The highest BCUT2D eigenvalue weighted by Gasteiger charge is 2.48. The minimum atomic E-state index is -1.07. The molecule has 11 heteroatoms. The summed E-state index contributed by atoms with van der Waals surface area (Å²) in [7, 11) is 1.26. The van der Waals surface area contributed by atoms with Crippen molar-refractivity contribution in [3.05, 3.63) is 69.7 Å². The molecule has 3 aromatic rings. The number of aliphatic hydroxyl groups is 1. The molecule has 2 heterocycles. The highest BCUT2D eigenvalue weighted by molar-refractivity contribution is 7.17. The highest BCUT2D eigenvalue weighted by atomic mass is 32.1. The maximum Gasteiger partial charge on any atom is 0.350 e. The van der Waals surface area contributed by atoms with E-state index in [-0.39, 0.29) is 21.3 Å². The molecule has 1 aliphatic rings. The van der Waals surface area contributed by atoms with Crippen LogP contribution in [0.1, 0.15) is 79.0 Å². The molecule has 234 valence electrons. The van der Waals surface area contributed by atoms with Gasteiger partial charge in [0.2, 0.25) is 0 Å². The summed E-state index contributed by atoms with van der Waals surface area (Å²) < 4.78 is 22.4. The lowest BCUT2D eigenvalue weighted by atomic mass is 9.95. The quantitative estimate of drug-likeness (QED) is 0.0694. The molecule has 1 fully saturated rings. The maximum absolute atomic E-state index is 13.7. The molecule has 1 unspecified atom stereocenters. The van der Waals surface area contributed by atoms with Gasteiger partial charge in [0.1, 0.15) is 16.4 Å². The molecule has 0 aliphatic carbocycles. The Labute approximate surface area is 261 Å². The number of ether oxygens (including phenoxy) is 4. The van der Waals surface area contributed by atoms with Crippen molar-refractivity contribution in [1.82, 2.24) is 4.98 Å². The first-order chi connectivity index (χ1) is 21.2. The summed E-state index contributed by atoms with van der Waals surface area (Å²) in [5.74, 6) is -1.14. The summed E-state index contributed by atoms with van der Waals surface area (Å²) in [6.45, 7) is 8.99. The Bertz CT molecular complexity index is 1530. The van der Waals surface area contributed by atoms with Crippen LogP contribution < -0.4 is 19.1 Å². The molecule has 4 rings (SSSR count). The Hall–Kier alpha value is -4.38. The number of Topliss-reactive ketones (excluding diaryl/α,β-unsaturated/α-hetero) is 1. The van der Waals surface area contributed by atoms with Gasteiger partial charge in [-0.3, -0.25) is 14.5 Å². The molecule has 1 amide bonds. The van der Waals surface area contributed by atoms with Gasteiger partial charge in [0.05, 0.1) is 44.2 Å². The number of esters is 1. The van der Waals surface area contributed by atoms with Gasteiger partial charge in [0.25, 0.3) is 5.78 Å². The van der Waals surface area contributed by atoms with Gasteiger partial charge in [-0.15, -0.1) is 0 Å².